The molecule has 7 heteroatoms. The van der Waals surface area contributed by atoms with E-state index in [1.165, 1.54) is 0 Å². The summed E-state index contributed by atoms with van der Waals surface area (Å²) in [6.45, 7) is 0. The van der Waals surface area contributed by atoms with Crippen molar-refractivity contribution in [3.8, 4) is 0 Å². The van der Waals surface area contributed by atoms with E-state index in [9.17, 15) is 22.4 Å². The minimum absolute atomic E-state index is 0.549. The molecule has 0 aromatic heterocycles. The predicted octanol–water partition coefficient (Wildman–Crippen LogP) is 2.02. The second kappa shape index (κ2) is 4.70. The van der Waals surface area contributed by atoms with Crippen molar-refractivity contribution in [1.29, 1.82) is 0 Å². The van der Waals surface area contributed by atoms with Crippen LogP contribution in [0.15, 0.2) is 18.2 Å². The average Bonchev–Trinajstić information content (AvgIpc) is 2.25. The van der Waals surface area contributed by atoms with Gasteiger partial charge in [-0.1, -0.05) is 12.1 Å². The molecule has 0 fully saturated rings. The van der Waals surface area contributed by atoms with Gasteiger partial charge in [0.15, 0.2) is 0 Å². The summed E-state index contributed by atoms with van der Waals surface area (Å²) in [6, 6.07) is 0.973. The fraction of sp³-hybridized carbons (Fsp3) is 0.300. The smallest absolute Gasteiger partial charge is 0.419 e. The Morgan fingerprint density at radius 2 is 2.00 bits per heavy atom. The second-order valence-electron chi connectivity index (χ2n) is 3.21. The molecule has 3 nitrogen and oxygen atoms in total. The van der Waals surface area contributed by atoms with Gasteiger partial charge >= 0.3 is 12.1 Å². The van der Waals surface area contributed by atoms with Gasteiger partial charge in [-0.15, -0.1) is 0 Å². The van der Waals surface area contributed by atoms with Gasteiger partial charge in [0.1, 0.15) is 11.9 Å². The van der Waals surface area contributed by atoms with Crippen LogP contribution in [0.1, 0.15) is 17.2 Å². The van der Waals surface area contributed by atoms with Gasteiger partial charge in [0.25, 0.3) is 0 Å². The lowest BCUT2D eigenvalue weighted by Crippen LogP contribution is -2.24. The number of halogens is 4. The molecule has 0 bridgehead atoms. The SMILES string of the molecule is COC(=O)[C@H](N)c1cccc(C(F)(F)F)c1F. The summed E-state index contributed by atoms with van der Waals surface area (Å²) >= 11 is 0. The second-order valence-corrected chi connectivity index (χ2v) is 3.21. The Bertz CT molecular complexity index is 431. The van der Waals surface area contributed by atoms with Crippen LogP contribution in [0.2, 0.25) is 0 Å². The van der Waals surface area contributed by atoms with E-state index in [-0.39, 0.29) is 0 Å². The molecule has 0 amide bonds. The number of esters is 1. The topological polar surface area (TPSA) is 52.3 Å². The fourth-order valence-electron chi connectivity index (χ4n) is 1.26. The Morgan fingerprint density at radius 3 is 2.47 bits per heavy atom. The van der Waals surface area contributed by atoms with Crippen molar-refractivity contribution >= 4 is 5.97 Å². The van der Waals surface area contributed by atoms with Gasteiger partial charge < -0.3 is 10.5 Å². The number of hydrogen-bond acceptors (Lipinski definition) is 3. The average molecular weight is 251 g/mol. The predicted molar refractivity (Wildman–Crippen MR) is 50.3 cm³/mol. The number of benzene rings is 1. The number of rotatable bonds is 2. The first-order valence-electron chi connectivity index (χ1n) is 4.48. The first-order valence-corrected chi connectivity index (χ1v) is 4.48. The zero-order valence-electron chi connectivity index (χ0n) is 8.72. The van der Waals surface area contributed by atoms with Crippen molar-refractivity contribution in [3.05, 3.63) is 35.1 Å². The van der Waals surface area contributed by atoms with Crippen molar-refractivity contribution in [1.82, 2.24) is 0 Å². The highest BCUT2D eigenvalue weighted by Gasteiger charge is 2.36. The maximum atomic E-state index is 13.5. The van der Waals surface area contributed by atoms with Gasteiger partial charge in [0.05, 0.1) is 12.7 Å². The van der Waals surface area contributed by atoms with Crippen molar-refractivity contribution in [2.75, 3.05) is 7.11 Å². The Hall–Kier alpha value is -1.63. The lowest BCUT2D eigenvalue weighted by molar-refractivity contribution is -0.143. The summed E-state index contributed by atoms with van der Waals surface area (Å²) in [6.07, 6.45) is -4.84. The molecule has 0 aliphatic heterocycles. The molecule has 0 saturated carbocycles. The van der Waals surface area contributed by atoms with E-state index in [2.05, 4.69) is 4.74 Å². The zero-order valence-corrected chi connectivity index (χ0v) is 8.72. The molecule has 0 aliphatic rings. The molecule has 1 rings (SSSR count). The molecule has 0 aliphatic carbocycles. The third kappa shape index (κ3) is 2.73. The Kier molecular flexibility index (Phi) is 3.72. The standard InChI is InChI=1S/C10H9F4NO2/c1-17-9(16)8(15)5-3-2-4-6(7(5)11)10(12,13)14/h2-4,8H,15H2,1H3/t8-/m1/s1. The number of alkyl halides is 3. The van der Waals surface area contributed by atoms with Crippen LogP contribution < -0.4 is 5.73 Å². The molecule has 0 unspecified atom stereocenters. The molecule has 1 aromatic rings. The molecule has 94 valence electrons. The normalized spacial score (nSPS) is 13.3. The molecular weight excluding hydrogens is 242 g/mol. The maximum absolute atomic E-state index is 13.5. The van der Waals surface area contributed by atoms with E-state index < -0.39 is 35.1 Å². The highest BCUT2D eigenvalue weighted by atomic mass is 19.4. The number of methoxy groups -OCH3 is 1. The fourth-order valence-corrected chi connectivity index (χ4v) is 1.26. The third-order valence-electron chi connectivity index (χ3n) is 2.12. The summed E-state index contributed by atoms with van der Waals surface area (Å²) in [7, 11) is 1.01. The first kappa shape index (κ1) is 13.4. The van der Waals surface area contributed by atoms with Crippen LogP contribution in [-0.4, -0.2) is 13.1 Å². The lowest BCUT2D eigenvalue weighted by Gasteiger charge is -2.14. The minimum atomic E-state index is -4.84. The summed E-state index contributed by atoms with van der Waals surface area (Å²) < 4.78 is 54.9. The molecule has 2 N–H and O–H groups in total. The number of carbonyl (C=O) groups is 1. The third-order valence-corrected chi connectivity index (χ3v) is 2.12. The summed E-state index contributed by atoms with van der Waals surface area (Å²) in [5.74, 6) is -2.57. The van der Waals surface area contributed by atoms with Gasteiger partial charge in [0, 0.05) is 5.56 Å². The Labute approximate surface area is 94.2 Å². The van der Waals surface area contributed by atoms with Crippen molar-refractivity contribution < 1.29 is 27.1 Å². The number of nitrogens with two attached hydrogens (primary N) is 1. The lowest BCUT2D eigenvalue weighted by atomic mass is 10.0. The Balaban J connectivity index is 3.24. The van der Waals surface area contributed by atoms with Gasteiger partial charge in [-0.05, 0) is 6.07 Å². The zero-order chi connectivity index (χ0) is 13.2. The van der Waals surface area contributed by atoms with Gasteiger partial charge in [-0.3, -0.25) is 4.79 Å². The molecular formula is C10H9F4NO2. The van der Waals surface area contributed by atoms with Crippen LogP contribution in [0.5, 0.6) is 0 Å². The number of carbonyl (C=O) groups excluding carboxylic acids is 1. The quantitative estimate of drug-likeness (QED) is 0.646. The number of ether oxygens (including phenoxy) is 1. The van der Waals surface area contributed by atoms with E-state index in [1.807, 2.05) is 0 Å². The largest absolute Gasteiger partial charge is 0.468 e. The van der Waals surface area contributed by atoms with Crippen LogP contribution in [0.25, 0.3) is 0 Å². The maximum Gasteiger partial charge on any atom is 0.419 e. The molecule has 0 heterocycles. The molecule has 0 radical (unpaired) electrons. The molecule has 17 heavy (non-hydrogen) atoms. The minimum Gasteiger partial charge on any atom is -0.468 e. The van der Waals surface area contributed by atoms with Gasteiger partial charge in [0.2, 0.25) is 0 Å². The Morgan fingerprint density at radius 1 is 1.41 bits per heavy atom. The van der Waals surface area contributed by atoms with Gasteiger partial charge in [-0.2, -0.15) is 13.2 Å². The van der Waals surface area contributed by atoms with Crippen LogP contribution in [0.3, 0.4) is 0 Å². The highest BCUT2D eigenvalue weighted by molar-refractivity contribution is 5.77. The van der Waals surface area contributed by atoms with Crippen LogP contribution >= 0.6 is 0 Å². The van der Waals surface area contributed by atoms with E-state index in [0.717, 1.165) is 19.2 Å². The van der Waals surface area contributed by atoms with E-state index >= 15 is 0 Å². The summed E-state index contributed by atoms with van der Waals surface area (Å²) in [5, 5.41) is 0. The van der Waals surface area contributed by atoms with Crippen LogP contribution in [0, 0.1) is 5.82 Å². The van der Waals surface area contributed by atoms with Crippen molar-refractivity contribution in [2.24, 2.45) is 5.73 Å². The highest BCUT2D eigenvalue weighted by Crippen LogP contribution is 2.33. The molecule has 0 saturated heterocycles. The molecule has 1 atom stereocenters. The van der Waals surface area contributed by atoms with Crippen molar-refractivity contribution in [2.45, 2.75) is 12.2 Å². The molecule has 0 spiro atoms. The molecule has 1 aromatic carbocycles. The number of hydrogen-bond donors (Lipinski definition) is 1. The van der Waals surface area contributed by atoms with E-state index in [4.69, 9.17) is 5.73 Å². The van der Waals surface area contributed by atoms with E-state index in [0.29, 0.717) is 6.07 Å². The van der Waals surface area contributed by atoms with E-state index in [1.54, 1.807) is 0 Å². The van der Waals surface area contributed by atoms with Crippen LogP contribution in [0.4, 0.5) is 17.6 Å². The van der Waals surface area contributed by atoms with Crippen LogP contribution in [-0.2, 0) is 15.7 Å². The monoisotopic (exact) mass is 251 g/mol. The summed E-state index contributed by atoms with van der Waals surface area (Å²) in [4.78, 5) is 11.0. The first-order chi connectivity index (χ1) is 7.79. The van der Waals surface area contributed by atoms with Gasteiger partial charge in [-0.25, -0.2) is 4.39 Å². The van der Waals surface area contributed by atoms with Crippen molar-refractivity contribution in [3.63, 3.8) is 0 Å². The summed E-state index contributed by atoms with van der Waals surface area (Å²) in [5.41, 5.74) is 3.27.